The number of fused-ring (bicyclic) bond motifs is 3. The van der Waals surface area contributed by atoms with Crippen molar-refractivity contribution in [2.45, 2.75) is 55.4 Å². The van der Waals surface area contributed by atoms with E-state index in [0.29, 0.717) is 11.1 Å². The first-order chi connectivity index (χ1) is 20.4. The lowest BCUT2D eigenvalue weighted by atomic mass is 10.0. The van der Waals surface area contributed by atoms with Gasteiger partial charge in [-0.3, -0.25) is 0 Å². The maximum atomic E-state index is 9.58. The quantitative estimate of drug-likeness (QED) is 0.171. The molecular formula is C32H42Cl4O4P2. The Balaban J connectivity index is 0. The summed E-state index contributed by atoms with van der Waals surface area (Å²) in [5, 5.41) is 21.2. The second-order valence-corrected chi connectivity index (χ2v) is 13.2. The Hall–Kier alpha value is -2.03. The molecule has 0 aliphatic carbocycles. The van der Waals surface area contributed by atoms with E-state index < -0.39 is 13.3 Å². The number of hydrogen-bond donors (Lipinski definition) is 2. The van der Waals surface area contributed by atoms with E-state index in [2.05, 4.69) is 0 Å². The number of phenols is 2. The molecule has 232 valence electrons. The zero-order valence-corrected chi connectivity index (χ0v) is 30.2. The van der Waals surface area contributed by atoms with Crippen molar-refractivity contribution in [3.05, 3.63) is 97.1 Å². The van der Waals surface area contributed by atoms with Gasteiger partial charge in [0, 0.05) is 33.1 Å². The first-order valence-corrected chi connectivity index (χ1v) is 19.8. The molecule has 5 rings (SSSR count). The summed E-state index contributed by atoms with van der Waals surface area (Å²) in [5.41, 5.74) is 2.83. The van der Waals surface area contributed by atoms with Crippen LogP contribution >= 0.6 is 58.3 Å². The van der Waals surface area contributed by atoms with E-state index in [1.165, 1.54) is 0 Å². The molecule has 0 atom stereocenters. The number of para-hydroxylation sites is 4. The van der Waals surface area contributed by atoms with E-state index in [0.717, 1.165) is 21.9 Å². The zero-order chi connectivity index (χ0) is 32.5. The van der Waals surface area contributed by atoms with Crippen LogP contribution in [0.3, 0.4) is 0 Å². The third-order valence-electron chi connectivity index (χ3n) is 4.50. The third-order valence-corrected chi connectivity index (χ3v) is 5.60. The van der Waals surface area contributed by atoms with Gasteiger partial charge in [0.2, 0.25) is 0 Å². The molecule has 0 fully saturated rings. The molecule has 1 aromatic heterocycles. The molecule has 5 aromatic rings. The second-order valence-electron chi connectivity index (χ2n) is 6.61. The van der Waals surface area contributed by atoms with Gasteiger partial charge in [0.1, 0.15) is 22.7 Å². The average Bonchev–Trinajstić information content (AvgIpc) is 3.17. The van der Waals surface area contributed by atoms with Gasteiger partial charge in [0.15, 0.2) is 5.98 Å². The standard InChI is InChI=1S/C12H8ClO2P.C12H10O2.4C2H6.Cl3P/c13-16-14-11-7-3-1-5-9(11)10-6-2-4-8-12(10)15-16;13-11-7-3-1-5-9(11)10-6-2-4-8-12(10)14;4*1-2;1-4(2)3/h1-8H;1-8,13-14H;4*1-2H3;. The van der Waals surface area contributed by atoms with E-state index in [4.69, 9.17) is 53.4 Å². The van der Waals surface area contributed by atoms with Gasteiger partial charge < -0.3 is 18.6 Å². The lowest BCUT2D eigenvalue weighted by Crippen LogP contribution is -1.79. The predicted molar refractivity (Wildman–Crippen MR) is 193 cm³/mol. The highest BCUT2D eigenvalue weighted by Crippen LogP contribution is 2.51. The van der Waals surface area contributed by atoms with E-state index in [1.807, 2.05) is 116 Å². The van der Waals surface area contributed by atoms with Crippen molar-refractivity contribution in [3.8, 4) is 22.6 Å². The van der Waals surface area contributed by atoms with Gasteiger partial charge in [-0.25, -0.2) is 0 Å². The van der Waals surface area contributed by atoms with Crippen molar-refractivity contribution in [1.29, 1.82) is 0 Å². The summed E-state index contributed by atoms with van der Waals surface area (Å²) < 4.78 is 11.1. The summed E-state index contributed by atoms with van der Waals surface area (Å²) in [5.74, 6) is -0.854. The summed E-state index contributed by atoms with van der Waals surface area (Å²) in [6, 6.07) is 29.5. The van der Waals surface area contributed by atoms with Crippen molar-refractivity contribution in [3.63, 3.8) is 0 Å². The maximum absolute atomic E-state index is 9.58. The summed E-state index contributed by atoms with van der Waals surface area (Å²) in [6.45, 7) is 16.0. The molecule has 0 bridgehead atoms. The minimum Gasteiger partial charge on any atom is -0.507 e. The van der Waals surface area contributed by atoms with Crippen molar-refractivity contribution in [2.24, 2.45) is 0 Å². The fourth-order valence-electron chi connectivity index (χ4n) is 3.11. The molecule has 0 amide bonds. The van der Waals surface area contributed by atoms with Gasteiger partial charge in [0.05, 0.1) is 0 Å². The first kappa shape index (κ1) is 42.1. The van der Waals surface area contributed by atoms with E-state index in [9.17, 15) is 10.2 Å². The zero-order valence-electron chi connectivity index (χ0n) is 25.4. The molecule has 0 aliphatic heterocycles. The van der Waals surface area contributed by atoms with E-state index in [-0.39, 0.29) is 11.5 Å². The van der Waals surface area contributed by atoms with Gasteiger partial charge in [0.25, 0.3) is 0 Å². The molecule has 4 aromatic carbocycles. The summed E-state index contributed by atoms with van der Waals surface area (Å²) in [4.78, 5) is 0. The highest BCUT2D eigenvalue weighted by Gasteiger charge is 2.06. The van der Waals surface area contributed by atoms with Gasteiger partial charge in [-0.2, -0.15) is 0 Å². The van der Waals surface area contributed by atoms with Crippen LogP contribution in [0.15, 0.2) is 105 Å². The molecule has 0 spiro atoms. The highest BCUT2D eigenvalue weighted by molar-refractivity contribution is 8.20. The number of phenolic OH excluding ortho intramolecular Hbond substituents is 2. The monoisotopic (exact) mass is 692 g/mol. The Morgan fingerprint density at radius 2 is 0.762 bits per heavy atom. The van der Waals surface area contributed by atoms with Gasteiger partial charge in [-0.05, 0) is 24.3 Å². The number of halogens is 4. The Kier molecular flexibility index (Phi) is 26.7. The summed E-state index contributed by atoms with van der Waals surface area (Å²) in [6.07, 6.45) is 0. The van der Waals surface area contributed by atoms with E-state index in [1.54, 1.807) is 36.4 Å². The van der Waals surface area contributed by atoms with Gasteiger partial charge >= 0.3 is 7.37 Å². The number of rotatable bonds is 1. The van der Waals surface area contributed by atoms with Gasteiger partial charge in [-0.15, -0.1) is 0 Å². The molecule has 1 heterocycles. The first-order valence-electron chi connectivity index (χ1n) is 13.7. The molecule has 4 nitrogen and oxygen atoms in total. The second kappa shape index (κ2) is 26.6. The summed E-state index contributed by atoms with van der Waals surface area (Å²) in [7, 11) is -1.42. The van der Waals surface area contributed by atoms with Crippen LogP contribution in [0.4, 0.5) is 0 Å². The Bertz CT molecular complexity index is 1310. The highest BCUT2D eigenvalue weighted by atomic mass is 36.0. The van der Waals surface area contributed by atoms with Crippen molar-refractivity contribution < 1.29 is 18.6 Å². The molecule has 0 unspecified atom stereocenters. The van der Waals surface area contributed by atoms with E-state index >= 15 is 0 Å². The van der Waals surface area contributed by atoms with Crippen LogP contribution in [0.25, 0.3) is 33.1 Å². The molecule has 0 saturated carbocycles. The maximum Gasteiger partial charge on any atom is 0.327 e. The number of aromatic hydroxyl groups is 2. The molecule has 2 N–H and O–H groups in total. The molecular weight excluding hydrogens is 652 g/mol. The van der Waals surface area contributed by atoms with Crippen molar-refractivity contribution >= 4 is 80.2 Å². The lowest BCUT2D eigenvalue weighted by Gasteiger charge is -2.05. The Morgan fingerprint density at radius 1 is 0.500 bits per heavy atom. The fourth-order valence-corrected chi connectivity index (χ4v) is 4.22. The van der Waals surface area contributed by atoms with Crippen LogP contribution in [0.5, 0.6) is 11.5 Å². The molecule has 0 saturated heterocycles. The largest absolute Gasteiger partial charge is 0.507 e. The smallest absolute Gasteiger partial charge is 0.327 e. The molecule has 42 heavy (non-hydrogen) atoms. The fraction of sp³-hybridized carbons (Fsp3) is 0.250. The average molecular weight is 694 g/mol. The van der Waals surface area contributed by atoms with Crippen LogP contribution in [0.1, 0.15) is 55.4 Å². The van der Waals surface area contributed by atoms with Gasteiger partial charge in [-0.1, -0.05) is 162 Å². The van der Waals surface area contributed by atoms with Crippen LogP contribution in [-0.4, -0.2) is 10.2 Å². The Morgan fingerprint density at radius 3 is 1.07 bits per heavy atom. The minimum absolute atomic E-state index is 0.175. The molecule has 10 heteroatoms. The number of hydrogen-bond acceptors (Lipinski definition) is 4. The van der Waals surface area contributed by atoms with Crippen molar-refractivity contribution in [2.75, 3.05) is 0 Å². The predicted octanol–water partition coefficient (Wildman–Crippen LogP) is 15.1. The normalized spacial score (nSPS) is 8.88. The topological polar surface area (TPSA) is 66.7 Å². The van der Waals surface area contributed by atoms with Crippen LogP contribution < -0.4 is 0 Å². The number of benzene rings is 4. The lowest BCUT2D eigenvalue weighted by molar-refractivity contribution is 0.469. The van der Waals surface area contributed by atoms with Crippen LogP contribution in [0.2, 0.25) is 0 Å². The third kappa shape index (κ3) is 15.4. The minimum atomic E-state index is -1.42. The van der Waals surface area contributed by atoms with Crippen molar-refractivity contribution in [1.82, 2.24) is 0 Å². The summed E-state index contributed by atoms with van der Waals surface area (Å²) >= 11 is 20.6. The molecule has 0 aliphatic rings. The van der Waals surface area contributed by atoms with Crippen LogP contribution in [0, 0.1) is 0 Å². The Labute approximate surface area is 272 Å². The molecule has 0 radical (unpaired) electrons. The SMILES string of the molecule is CC.CC.CC.CC.ClP(Cl)Cl.Clp1oc2ccccc2c2ccccc2o1.Oc1ccccc1-c1ccccc1O. The van der Waals surface area contributed by atoms with Crippen LogP contribution in [-0.2, 0) is 0 Å².